The van der Waals surface area contributed by atoms with Gasteiger partial charge in [-0.05, 0) is 54.1 Å². The van der Waals surface area contributed by atoms with Crippen molar-refractivity contribution in [2.75, 3.05) is 26.1 Å². The van der Waals surface area contributed by atoms with Gasteiger partial charge in [-0.25, -0.2) is 0 Å². The number of benzene rings is 2. The van der Waals surface area contributed by atoms with Gasteiger partial charge in [0.15, 0.2) is 17.3 Å². The molecule has 2 aromatic carbocycles. The average molecular weight is 376 g/mol. The van der Waals surface area contributed by atoms with E-state index in [1.54, 1.807) is 24.3 Å². The molecule has 0 saturated heterocycles. The minimum absolute atomic E-state index is 0.0436. The highest BCUT2D eigenvalue weighted by Crippen LogP contribution is 2.33. The number of anilines is 1. The lowest BCUT2D eigenvalue weighted by atomic mass is 10.1. The summed E-state index contributed by atoms with van der Waals surface area (Å²) in [6.07, 6.45) is 3.19. The van der Waals surface area contributed by atoms with Crippen molar-refractivity contribution in [2.45, 2.75) is 0 Å². The maximum atomic E-state index is 12.2. The summed E-state index contributed by atoms with van der Waals surface area (Å²) in [6.45, 7) is 0. The smallest absolute Gasteiger partial charge is 0.185 e. The van der Waals surface area contributed by atoms with E-state index in [0.717, 1.165) is 11.3 Å². The molecule has 0 aromatic heterocycles. The van der Waals surface area contributed by atoms with Gasteiger partial charge in [-0.1, -0.05) is 15.9 Å². The number of rotatable bonds is 5. The number of nitrogens with zero attached hydrogens (tertiary/aromatic N) is 1. The van der Waals surface area contributed by atoms with Crippen LogP contribution in [0.1, 0.15) is 15.9 Å². The molecule has 0 aliphatic carbocycles. The quantitative estimate of drug-likeness (QED) is 0.630. The number of carbonyl (C=O) groups excluding carboxylic acids is 1. The average Bonchev–Trinajstić information content (AvgIpc) is 2.54. The normalized spacial score (nSPS) is 10.8. The van der Waals surface area contributed by atoms with Crippen LogP contribution in [0.3, 0.4) is 0 Å². The first-order valence-electron chi connectivity index (χ1n) is 6.98. The van der Waals surface area contributed by atoms with Crippen LogP contribution in [0.4, 0.5) is 5.69 Å². The van der Waals surface area contributed by atoms with Crippen molar-refractivity contribution in [1.29, 1.82) is 0 Å². The number of carbonyl (C=O) groups is 1. The van der Waals surface area contributed by atoms with E-state index in [2.05, 4.69) is 15.9 Å². The van der Waals surface area contributed by atoms with Gasteiger partial charge in [0.25, 0.3) is 0 Å². The number of methoxy groups -OCH3 is 1. The number of hydrogen-bond donors (Lipinski definition) is 1. The highest BCUT2D eigenvalue weighted by Gasteiger charge is 2.07. The molecule has 120 valence electrons. The van der Waals surface area contributed by atoms with Crippen molar-refractivity contribution in [3.8, 4) is 11.5 Å². The van der Waals surface area contributed by atoms with Gasteiger partial charge < -0.3 is 14.7 Å². The lowest BCUT2D eigenvalue weighted by molar-refractivity contribution is 0.104. The number of halogens is 1. The summed E-state index contributed by atoms with van der Waals surface area (Å²) in [5, 5.41) is 9.69. The monoisotopic (exact) mass is 375 g/mol. The predicted octanol–water partition coefficient (Wildman–Crippen LogP) is 4.13. The molecule has 0 amide bonds. The van der Waals surface area contributed by atoms with E-state index in [-0.39, 0.29) is 11.5 Å². The van der Waals surface area contributed by atoms with E-state index in [9.17, 15) is 9.90 Å². The molecule has 0 saturated carbocycles. The molecule has 0 atom stereocenters. The summed E-state index contributed by atoms with van der Waals surface area (Å²) in [6, 6.07) is 10.6. The van der Waals surface area contributed by atoms with Crippen LogP contribution in [-0.4, -0.2) is 32.1 Å². The zero-order valence-corrected chi connectivity index (χ0v) is 14.8. The molecule has 0 bridgehead atoms. The van der Waals surface area contributed by atoms with Gasteiger partial charge in [-0.3, -0.25) is 4.79 Å². The zero-order valence-electron chi connectivity index (χ0n) is 13.2. The number of ketones is 1. The van der Waals surface area contributed by atoms with Crippen LogP contribution in [0.5, 0.6) is 11.5 Å². The van der Waals surface area contributed by atoms with E-state index >= 15 is 0 Å². The zero-order chi connectivity index (χ0) is 17.0. The molecule has 0 aliphatic heterocycles. The number of hydrogen-bond acceptors (Lipinski definition) is 4. The summed E-state index contributed by atoms with van der Waals surface area (Å²) in [5.41, 5.74) is 2.41. The number of allylic oxidation sites excluding steroid dienone is 1. The second-order valence-corrected chi connectivity index (χ2v) is 6.04. The second kappa shape index (κ2) is 7.33. The third kappa shape index (κ3) is 4.13. The van der Waals surface area contributed by atoms with Crippen molar-refractivity contribution >= 4 is 33.5 Å². The Kier molecular flexibility index (Phi) is 5.45. The van der Waals surface area contributed by atoms with Crippen LogP contribution in [0.15, 0.2) is 46.9 Å². The van der Waals surface area contributed by atoms with E-state index in [4.69, 9.17) is 4.74 Å². The first kappa shape index (κ1) is 17.1. The molecule has 4 nitrogen and oxygen atoms in total. The van der Waals surface area contributed by atoms with Crippen molar-refractivity contribution in [3.05, 3.63) is 58.1 Å². The van der Waals surface area contributed by atoms with Crippen molar-refractivity contribution in [3.63, 3.8) is 0 Å². The van der Waals surface area contributed by atoms with Crippen LogP contribution >= 0.6 is 15.9 Å². The summed E-state index contributed by atoms with van der Waals surface area (Å²) >= 11 is 3.36. The molecule has 0 aliphatic rings. The third-order valence-electron chi connectivity index (χ3n) is 3.38. The van der Waals surface area contributed by atoms with Gasteiger partial charge in [-0.15, -0.1) is 0 Å². The first-order chi connectivity index (χ1) is 10.9. The Bertz CT molecular complexity index is 737. The van der Waals surface area contributed by atoms with E-state index in [1.807, 2.05) is 31.1 Å². The Morgan fingerprint density at radius 1 is 1.22 bits per heavy atom. The fourth-order valence-electron chi connectivity index (χ4n) is 2.04. The van der Waals surface area contributed by atoms with Crippen molar-refractivity contribution in [2.24, 2.45) is 0 Å². The molecule has 5 heteroatoms. The number of ether oxygens (including phenoxy) is 1. The highest BCUT2D eigenvalue weighted by molar-refractivity contribution is 9.10. The molecular formula is C18H18BrNO3. The van der Waals surface area contributed by atoms with E-state index < -0.39 is 0 Å². The fourth-order valence-corrected chi connectivity index (χ4v) is 2.50. The summed E-state index contributed by atoms with van der Waals surface area (Å²) < 4.78 is 5.76. The maximum absolute atomic E-state index is 12.2. The molecule has 0 heterocycles. The fraction of sp³-hybridized carbons (Fsp3) is 0.167. The largest absolute Gasteiger partial charge is 0.504 e. The maximum Gasteiger partial charge on any atom is 0.185 e. The standard InChI is InChI=1S/C18H18BrNO3/c1-20(2)14-7-4-12(5-8-14)16(21)9-6-13-10-18(23-3)17(22)11-15(13)19/h4-11,22H,1-3H3. The van der Waals surface area contributed by atoms with Crippen LogP contribution in [0, 0.1) is 0 Å². The number of phenolic OH excluding ortho intramolecular Hbond substituents is 1. The van der Waals surface area contributed by atoms with Gasteiger partial charge in [-0.2, -0.15) is 0 Å². The first-order valence-corrected chi connectivity index (χ1v) is 7.78. The lowest BCUT2D eigenvalue weighted by Crippen LogP contribution is -2.08. The Morgan fingerprint density at radius 3 is 2.43 bits per heavy atom. The van der Waals surface area contributed by atoms with Gasteiger partial charge >= 0.3 is 0 Å². The highest BCUT2D eigenvalue weighted by atomic mass is 79.9. The molecule has 0 radical (unpaired) electrons. The Labute approximate surface area is 144 Å². The minimum atomic E-state index is -0.0887. The number of phenols is 1. The molecule has 0 fully saturated rings. The Hall–Kier alpha value is -2.27. The van der Waals surface area contributed by atoms with Gasteiger partial charge in [0.05, 0.1) is 7.11 Å². The van der Waals surface area contributed by atoms with Crippen LogP contribution < -0.4 is 9.64 Å². The van der Waals surface area contributed by atoms with E-state index in [0.29, 0.717) is 15.8 Å². The molecule has 0 unspecified atom stereocenters. The van der Waals surface area contributed by atoms with Gasteiger partial charge in [0, 0.05) is 29.8 Å². The summed E-state index contributed by atoms with van der Waals surface area (Å²) in [7, 11) is 5.38. The number of aromatic hydroxyl groups is 1. The van der Waals surface area contributed by atoms with Gasteiger partial charge in [0.1, 0.15) is 0 Å². The topological polar surface area (TPSA) is 49.8 Å². The third-order valence-corrected chi connectivity index (χ3v) is 4.07. The van der Waals surface area contributed by atoms with Gasteiger partial charge in [0.2, 0.25) is 0 Å². The molecule has 0 spiro atoms. The van der Waals surface area contributed by atoms with Crippen molar-refractivity contribution in [1.82, 2.24) is 0 Å². The SMILES string of the molecule is COc1cc(C=CC(=O)c2ccc(N(C)C)cc2)c(Br)cc1O. The molecule has 2 rings (SSSR count). The minimum Gasteiger partial charge on any atom is -0.504 e. The molecular weight excluding hydrogens is 358 g/mol. The summed E-state index contributed by atoms with van der Waals surface area (Å²) in [5.74, 6) is 0.312. The van der Waals surface area contributed by atoms with Crippen LogP contribution in [0.2, 0.25) is 0 Å². The predicted molar refractivity (Wildman–Crippen MR) is 96.5 cm³/mol. The Morgan fingerprint density at radius 2 is 1.87 bits per heavy atom. The molecule has 23 heavy (non-hydrogen) atoms. The Balaban J connectivity index is 2.21. The van der Waals surface area contributed by atoms with E-state index in [1.165, 1.54) is 19.3 Å². The molecule has 1 N–H and O–H groups in total. The lowest BCUT2D eigenvalue weighted by Gasteiger charge is -2.11. The van der Waals surface area contributed by atoms with Crippen LogP contribution in [-0.2, 0) is 0 Å². The molecule has 2 aromatic rings. The van der Waals surface area contributed by atoms with Crippen LogP contribution in [0.25, 0.3) is 6.08 Å². The summed E-state index contributed by atoms with van der Waals surface area (Å²) in [4.78, 5) is 14.2. The van der Waals surface area contributed by atoms with Crippen molar-refractivity contribution < 1.29 is 14.6 Å². The second-order valence-electron chi connectivity index (χ2n) is 5.18.